The molecule has 1 saturated heterocycles. The summed E-state index contributed by atoms with van der Waals surface area (Å²) >= 11 is 0. The zero-order valence-corrected chi connectivity index (χ0v) is 10.8. The number of hydrogen-bond acceptors (Lipinski definition) is 5. The van der Waals surface area contributed by atoms with Crippen LogP contribution in [0.15, 0.2) is 0 Å². The first kappa shape index (κ1) is 12.7. The average Bonchev–Trinajstić information content (AvgIpc) is 2.62. The fraction of sp³-hybridized carbons (Fsp3) is 0.636. The number of nitrogens with two attached hydrogens (primary N) is 1. The van der Waals surface area contributed by atoms with Gasteiger partial charge in [0.2, 0.25) is 5.91 Å². The van der Waals surface area contributed by atoms with Crippen molar-refractivity contribution in [1.29, 1.82) is 0 Å². The molecular weight excluding hydrogens is 234 g/mol. The number of rotatable bonds is 3. The number of hydrogen-bond donors (Lipinski definition) is 2. The van der Waals surface area contributed by atoms with Crippen LogP contribution in [-0.4, -0.2) is 53.4 Å². The Kier molecular flexibility index (Phi) is 3.71. The first-order valence-corrected chi connectivity index (χ1v) is 5.98. The van der Waals surface area contributed by atoms with Gasteiger partial charge in [-0.05, 0) is 6.92 Å². The lowest BCUT2D eigenvalue weighted by Crippen LogP contribution is -2.43. The fourth-order valence-electron chi connectivity index (χ4n) is 1.97. The summed E-state index contributed by atoms with van der Waals surface area (Å²) in [6, 6.07) is 0. The highest BCUT2D eigenvalue weighted by Gasteiger charge is 2.17. The molecule has 1 aromatic heterocycles. The molecule has 1 aliphatic rings. The van der Waals surface area contributed by atoms with E-state index in [1.165, 1.54) is 0 Å². The van der Waals surface area contributed by atoms with E-state index < -0.39 is 0 Å². The molecule has 1 aromatic rings. The standard InChI is InChI=1S/C11H19N5O2/c1-8-10(12)11(15(2)14-8)13-7-9(17)16-3-5-18-6-4-16/h13H,3-7,12H2,1-2H3. The second-order valence-corrected chi connectivity index (χ2v) is 4.32. The van der Waals surface area contributed by atoms with E-state index in [0.29, 0.717) is 37.8 Å². The van der Waals surface area contributed by atoms with Crippen LogP contribution in [0.5, 0.6) is 0 Å². The first-order valence-electron chi connectivity index (χ1n) is 5.98. The minimum absolute atomic E-state index is 0.0524. The predicted octanol–water partition coefficient (Wildman–Crippen LogP) is -0.419. The van der Waals surface area contributed by atoms with Crippen LogP contribution < -0.4 is 11.1 Å². The van der Waals surface area contributed by atoms with Gasteiger partial charge in [-0.25, -0.2) is 0 Å². The molecule has 0 unspecified atom stereocenters. The predicted molar refractivity (Wildman–Crippen MR) is 68.2 cm³/mol. The van der Waals surface area contributed by atoms with Gasteiger partial charge in [0.15, 0.2) is 0 Å². The van der Waals surface area contributed by atoms with Crippen LogP contribution >= 0.6 is 0 Å². The Bertz CT molecular complexity index is 437. The molecule has 0 aromatic carbocycles. The van der Waals surface area contributed by atoms with Crippen LogP contribution in [-0.2, 0) is 16.6 Å². The number of morpholine rings is 1. The molecule has 1 amide bonds. The number of carbonyl (C=O) groups is 1. The third-order valence-electron chi connectivity index (χ3n) is 3.04. The minimum Gasteiger partial charge on any atom is -0.394 e. The molecule has 100 valence electrons. The number of carbonyl (C=O) groups excluding carboxylic acids is 1. The summed E-state index contributed by atoms with van der Waals surface area (Å²) in [5.41, 5.74) is 7.23. The lowest BCUT2D eigenvalue weighted by molar-refractivity contribution is -0.133. The SMILES string of the molecule is Cc1nn(C)c(NCC(=O)N2CCOCC2)c1N. The Morgan fingerprint density at radius 1 is 1.50 bits per heavy atom. The van der Waals surface area contributed by atoms with E-state index in [1.807, 2.05) is 6.92 Å². The van der Waals surface area contributed by atoms with Crippen molar-refractivity contribution in [2.45, 2.75) is 6.92 Å². The molecule has 0 radical (unpaired) electrons. The Morgan fingerprint density at radius 3 is 2.72 bits per heavy atom. The number of nitrogens with zero attached hydrogens (tertiary/aromatic N) is 3. The lowest BCUT2D eigenvalue weighted by Gasteiger charge is -2.27. The molecule has 0 saturated carbocycles. The number of amides is 1. The van der Waals surface area contributed by atoms with Crippen molar-refractivity contribution in [3.63, 3.8) is 0 Å². The van der Waals surface area contributed by atoms with Crippen molar-refractivity contribution in [1.82, 2.24) is 14.7 Å². The summed E-state index contributed by atoms with van der Waals surface area (Å²) in [7, 11) is 1.80. The Hall–Kier alpha value is -1.76. The average molecular weight is 253 g/mol. The molecule has 3 N–H and O–H groups in total. The topological polar surface area (TPSA) is 85.4 Å². The molecule has 7 nitrogen and oxygen atoms in total. The number of anilines is 2. The normalized spacial score (nSPS) is 15.8. The van der Waals surface area contributed by atoms with Crippen molar-refractivity contribution in [2.24, 2.45) is 7.05 Å². The van der Waals surface area contributed by atoms with Gasteiger partial charge in [-0.2, -0.15) is 5.10 Å². The molecule has 0 atom stereocenters. The summed E-state index contributed by atoms with van der Waals surface area (Å²) in [5.74, 6) is 0.741. The van der Waals surface area contributed by atoms with Gasteiger partial charge in [0, 0.05) is 20.1 Å². The molecule has 1 fully saturated rings. The van der Waals surface area contributed by atoms with Gasteiger partial charge in [-0.3, -0.25) is 9.48 Å². The Balaban J connectivity index is 1.92. The summed E-state index contributed by atoms with van der Waals surface area (Å²) in [4.78, 5) is 13.7. The number of aryl methyl sites for hydroxylation is 2. The van der Waals surface area contributed by atoms with Gasteiger partial charge in [-0.15, -0.1) is 0 Å². The molecule has 1 aliphatic heterocycles. The van der Waals surface area contributed by atoms with Crippen LogP contribution in [0, 0.1) is 6.92 Å². The van der Waals surface area contributed by atoms with Gasteiger partial charge in [-0.1, -0.05) is 0 Å². The van der Waals surface area contributed by atoms with E-state index in [2.05, 4.69) is 10.4 Å². The minimum atomic E-state index is 0.0524. The van der Waals surface area contributed by atoms with Crippen molar-refractivity contribution in [2.75, 3.05) is 43.9 Å². The van der Waals surface area contributed by atoms with Crippen LogP contribution in [0.25, 0.3) is 0 Å². The molecule has 7 heteroatoms. The van der Waals surface area contributed by atoms with Crippen LogP contribution in [0.4, 0.5) is 11.5 Å². The summed E-state index contributed by atoms with van der Waals surface area (Å²) in [6.07, 6.45) is 0. The molecule has 0 aliphatic carbocycles. The van der Waals surface area contributed by atoms with Gasteiger partial charge in [0.1, 0.15) is 5.82 Å². The zero-order chi connectivity index (χ0) is 13.1. The summed E-state index contributed by atoms with van der Waals surface area (Å²) < 4.78 is 6.86. The number of ether oxygens (including phenoxy) is 1. The maximum absolute atomic E-state index is 11.9. The second kappa shape index (κ2) is 5.26. The Labute approximate surface area is 106 Å². The highest BCUT2D eigenvalue weighted by atomic mass is 16.5. The van der Waals surface area contributed by atoms with Crippen LogP contribution in [0.2, 0.25) is 0 Å². The first-order chi connectivity index (χ1) is 8.59. The molecular formula is C11H19N5O2. The maximum Gasteiger partial charge on any atom is 0.242 e. The van der Waals surface area contributed by atoms with Crippen molar-refractivity contribution in [3.8, 4) is 0 Å². The smallest absolute Gasteiger partial charge is 0.242 e. The second-order valence-electron chi connectivity index (χ2n) is 4.32. The third kappa shape index (κ3) is 2.56. The molecule has 2 rings (SSSR count). The Morgan fingerprint density at radius 2 is 2.17 bits per heavy atom. The van der Waals surface area contributed by atoms with E-state index >= 15 is 0 Å². The fourth-order valence-corrected chi connectivity index (χ4v) is 1.97. The molecule has 0 spiro atoms. The van der Waals surface area contributed by atoms with Crippen molar-refractivity contribution >= 4 is 17.4 Å². The van der Waals surface area contributed by atoms with Crippen molar-refractivity contribution < 1.29 is 9.53 Å². The largest absolute Gasteiger partial charge is 0.394 e. The van der Waals surface area contributed by atoms with E-state index in [1.54, 1.807) is 16.6 Å². The maximum atomic E-state index is 11.9. The molecule has 18 heavy (non-hydrogen) atoms. The van der Waals surface area contributed by atoms with E-state index in [0.717, 1.165) is 5.69 Å². The quantitative estimate of drug-likeness (QED) is 0.764. The van der Waals surface area contributed by atoms with Gasteiger partial charge in [0.05, 0.1) is 31.1 Å². The summed E-state index contributed by atoms with van der Waals surface area (Å²) in [6.45, 7) is 4.59. The summed E-state index contributed by atoms with van der Waals surface area (Å²) in [5, 5.41) is 7.23. The van der Waals surface area contributed by atoms with E-state index in [4.69, 9.17) is 10.5 Å². The monoisotopic (exact) mass is 253 g/mol. The van der Waals surface area contributed by atoms with Gasteiger partial charge in [0.25, 0.3) is 0 Å². The number of nitrogens with one attached hydrogen (secondary N) is 1. The van der Waals surface area contributed by atoms with Crippen molar-refractivity contribution in [3.05, 3.63) is 5.69 Å². The number of nitrogen functional groups attached to an aromatic ring is 1. The van der Waals surface area contributed by atoms with Crippen LogP contribution in [0.3, 0.4) is 0 Å². The van der Waals surface area contributed by atoms with E-state index in [-0.39, 0.29) is 12.5 Å². The highest BCUT2D eigenvalue weighted by molar-refractivity contribution is 5.82. The third-order valence-corrected chi connectivity index (χ3v) is 3.04. The number of aromatic nitrogens is 2. The lowest BCUT2D eigenvalue weighted by atomic mass is 10.3. The molecule has 0 bridgehead atoms. The van der Waals surface area contributed by atoms with Gasteiger partial charge >= 0.3 is 0 Å². The zero-order valence-electron chi connectivity index (χ0n) is 10.8. The van der Waals surface area contributed by atoms with Gasteiger partial charge < -0.3 is 20.7 Å². The van der Waals surface area contributed by atoms with E-state index in [9.17, 15) is 4.79 Å². The highest BCUT2D eigenvalue weighted by Crippen LogP contribution is 2.20. The molecule has 2 heterocycles. The van der Waals surface area contributed by atoms with Crippen LogP contribution in [0.1, 0.15) is 5.69 Å².